The quantitative estimate of drug-likeness (QED) is 0.0456. The van der Waals surface area contributed by atoms with Crippen molar-refractivity contribution in [3.05, 3.63) is 111 Å². The van der Waals surface area contributed by atoms with Crippen molar-refractivity contribution in [3.63, 3.8) is 0 Å². The molecule has 1 amide bonds. The van der Waals surface area contributed by atoms with Gasteiger partial charge >= 0.3 is 12.1 Å². The second-order valence-corrected chi connectivity index (χ2v) is 12.5. The molecule has 0 radical (unpaired) electrons. The molecule has 0 spiro atoms. The number of aliphatic imine (C=N–C) groups is 1. The molecule has 4 rings (SSSR count). The van der Waals surface area contributed by atoms with Crippen molar-refractivity contribution in [1.82, 2.24) is 5.32 Å². The van der Waals surface area contributed by atoms with Gasteiger partial charge in [-0.3, -0.25) is 9.59 Å². The van der Waals surface area contributed by atoms with E-state index in [0.717, 1.165) is 12.1 Å². The maximum atomic E-state index is 14.4. The average Bonchev–Trinajstić information content (AvgIpc) is 3.45. The van der Waals surface area contributed by atoms with E-state index in [-0.39, 0.29) is 44.1 Å². The molecule has 1 aliphatic rings. The van der Waals surface area contributed by atoms with Crippen LogP contribution in [0.5, 0.6) is 5.75 Å². The normalized spacial score (nSPS) is 17.3. The van der Waals surface area contributed by atoms with Gasteiger partial charge in [0, 0.05) is 36.5 Å². The zero-order valence-electron chi connectivity index (χ0n) is 27.7. The summed E-state index contributed by atoms with van der Waals surface area (Å²) < 4.78 is 72.1. The summed E-state index contributed by atoms with van der Waals surface area (Å²) in [6.07, 6.45) is -6.19. The molecule has 1 heterocycles. The molecular weight excluding hydrogens is 662 g/mol. The molecule has 0 fully saturated rings. The fourth-order valence-electron chi connectivity index (χ4n) is 5.33. The van der Waals surface area contributed by atoms with Crippen molar-refractivity contribution < 1.29 is 46.5 Å². The van der Waals surface area contributed by atoms with E-state index in [1.54, 1.807) is 69.3 Å². The standard InChI is InChI=1S/C35H37F4N5O6/c1-33(2,3)50-29(46)13-14-34(32(47)41-20-22-17-25(35(37,38)39)19-26(36)18-22)30(28-8-5-4-7-24(28)21-42-44-40)49-31(43-34)23-9-11-27(12-10-23)48-16-6-15-45/h4-5,7-12,17-19,30,45H,6,13-16,20-21H2,1-3H3,(H,41,47)/t30-,34-/m1/s1. The van der Waals surface area contributed by atoms with Crippen LogP contribution in [0.1, 0.15) is 74.0 Å². The molecule has 2 atom stereocenters. The highest BCUT2D eigenvalue weighted by molar-refractivity contribution is 6.01. The number of benzene rings is 3. The monoisotopic (exact) mass is 699 g/mol. The molecule has 0 unspecified atom stereocenters. The Morgan fingerprint density at radius 3 is 2.48 bits per heavy atom. The Hall–Kier alpha value is -5.14. The van der Waals surface area contributed by atoms with Crippen molar-refractivity contribution in [1.29, 1.82) is 0 Å². The van der Waals surface area contributed by atoms with Crippen molar-refractivity contribution in [2.75, 3.05) is 13.2 Å². The second-order valence-electron chi connectivity index (χ2n) is 12.5. The van der Waals surface area contributed by atoms with Crippen LogP contribution in [-0.2, 0) is 38.3 Å². The molecule has 11 nitrogen and oxygen atoms in total. The third-order valence-corrected chi connectivity index (χ3v) is 7.54. The van der Waals surface area contributed by atoms with Crippen LogP contribution in [0, 0.1) is 5.82 Å². The minimum absolute atomic E-state index is 0.0138. The molecule has 0 saturated heterocycles. The number of aliphatic hydroxyl groups excluding tert-OH is 1. The second kappa shape index (κ2) is 16.0. The molecule has 0 bridgehead atoms. The number of nitrogens with zero attached hydrogens (tertiary/aromatic N) is 4. The summed E-state index contributed by atoms with van der Waals surface area (Å²) in [5.41, 5.74) is 6.23. The van der Waals surface area contributed by atoms with Crippen LogP contribution in [0.2, 0.25) is 0 Å². The van der Waals surface area contributed by atoms with Crippen LogP contribution in [0.25, 0.3) is 10.4 Å². The highest BCUT2D eigenvalue weighted by Gasteiger charge is 2.54. The number of azide groups is 1. The molecule has 15 heteroatoms. The molecule has 266 valence electrons. The minimum Gasteiger partial charge on any atom is -0.494 e. The smallest absolute Gasteiger partial charge is 0.416 e. The van der Waals surface area contributed by atoms with E-state index in [1.807, 2.05) is 0 Å². The Balaban J connectivity index is 1.80. The number of hydrogen-bond acceptors (Lipinski definition) is 8. The van der Waals surface area contributed by atoms with Crippen LogP contribution in [0.15, 0.2) is 76.8 Å². The van der Waals surface area contributed by atoms with Gasteiger partial charge in [0.05, 0.1) is 18.7 Å². The highest BCUT2D eigenvalue weighted by Crippen LogP contribution is 2.45. The summed E-state index contributed by atoms with van der Waals surface area (Å²) in [6, 6.07) is 15.2. The van der Waals surface area contributed by atoms with Crippen LogP contribution in [-0.4, -0.2) is 47.2 Å². The number of rotatable bonds is 14. The Morgan fingerprint density at radius 1 is 1.10 bits per heavy atom. The fraction of sp³-hybridized carbons (Fsp3) is 0.400. The van der Waals surface area contributed by atoms with E-state index in [2.05, 4.69) is 15.3 Å². The van der Waals surface area contributed by atoms with Crippen LogP contribution in [0.4, 0.5) is 17.6 Å². The first-order valence-electron chi connectivity index (χ1n) is 15.7. The number of halogens is 4. The summed E-state index contributed by atoms with van der Waals surface area (Å²) in [4.78, 5) is 35.0. The summed E-state index contributed by atoms with van der Waals surface area (Å²) in [5.74, 6) is -2.08. The molecule has 0 aromatic heterocycles. The highest BCUT2D eigenvalue weighted by atomic mass is 19.4. The van der Waals surface area contributed by atoms with E-state index in [1.165, 1.54) is 0 Å². The first-order chi connectivity index (χ1) is 23.6. The van der Waals surface area contributed by atoms with Gasteiger partial charge in [-0.1, -0.05) is 29.4 Å². The van der Waals surface area contributed by atoms with E-state index in [9.17, 15) is 27.2 Å². The first-order valence-corrected chi connectivity index (χ1v) is 15.7. The van der Waals surface area contributed by atoms with E-state index in [4.69, 9.17) is 29.8 Å². The number of esters is 1. The topological polar surface area (TPSA) is 155 Å². The molecule has 3 aromatic rings. The lowest BCUT2D eigenvalue weighted by Gasteiger charge is -2.32. The van der Waals surface area contributed by atoms with Gasteiger partial charge in [-0.05, 0) is 91.9 Å². The SMILES string of the molecule is CC(C)(C)OC(=O)CC[C@@]1(C(=O)NCc2cc(F)cc(C(F)(F)F)c2)N=C(c2ccc(OCCCO)cc2)O[C@@H]1c1ccccc1CN=[N+]=[N-]. The lowest BCUT2D eigenvalue weighted by atomic mass is 9.81. The summed E-state index contributed by atoms with van der Waals surface area (Å²) >= 11 is 0. The molecule has 50 heavy (non-hydrogen) atoms. The fourth-order valence-corrected chi connectivity index (χ4v) is 5.33. The number of aliphatic hydroxyl groups is 1. The van der Waals surface area contributed by atoms with Gasteiger partial charge in [-0.2, -0.15) is 13.2 Å². The van der Waals surface area contributed by atoms with Crippen LogP contribution < -0.4 is 10.1 Å². The number of alkyl halides is 3. The molecule has 0 aliphatic carbocycles. The predicted molar refractivity (Wildman–Crippen MR) is 174 cm³/mol. The van der Waals surface area contributed by atoms with Gasteiger partial charge in [0.2, 0.25) is 5.90 Å². The summed E-state index contributed by atoms with van der Waals surface area (Å²) in [5, 5.41) is 15.3. The van der Waals surface area contributed by atoms with Gasteiger partial charge in [0.25, 0.3) is 5.91 Å². The number of nitrogens with one attached hydrogen (secondary N) is 1. The first kappa shape index (κ1) is 37.7. The van der Waals surface area contributed by atoms with Gasteiger partial charge in [-0.15, -0.1) is 0 Å². The molecule has 0 saturated carbocycles. The zero-order valence-corrected chi connectivity index (χ0v) is 27.7. The number of ether oxygens (including phenoxy) is 3. The van der Waals surface area contributed by atoms with E-state index in [0.29, 0.717) is 34.9 Å². The zero-order chi connectivity index (χ0) is 36.5. The number of carbonyl (C=O) groups excluding carboxylic acids is 2. The average molecular weight is 700 g/mol. The third kappa shape index (κ3) is 9.73. The van der Waals surface area contributed by atoms with Crippen molar-refractivity contribution in [3.8, 4) is 5.75 Å². The van der Waals surface area contributed by atoms with Crippen molar-refractivity contribution >= 4 is 17.8 Å². The van der Waals surface area contributed by atoms with Gasteiger partial charge < -0.3 is 24.6 Å². The number of hydrogen-bond donors (Lipinski definition) is 2. The maximum absolute atomic E-state index is 14.4. The largest absolute Gasteiger partial charge is 0.494 e. The molecule has 1 aliphatic heterocycles. The molecule has 3 aromatic carbocycles. The van der Waals surface area contributed by atoms with Gasteiger partial charge in [-0.25, -0.2) is 9.38 Å². The Morgan fingerprint density at radius 2 is 1.82 bits per heavy atom. The summed E-state index contributed by atoms with van der Waals surface area (Å²) in [7, 11) is 0. The lowest BCUT2D eigenvalue weighted by molar-refractivity contribution is -0.155. The Labute approximate surface area is 285 Å². The minimum atomic E-state index is -4.83. The predicted octanol–water partition coefficient (Wildman–Crippen LogP) is 7.11. The third-order valence-electron chi connectivity index (χ3n) is 7.54. The van der Waals surface area contributed by atoms with Crippen molar-refractivity contribution in [2.45, 2.75) is 76.5 Å². The lowest BCUT2D eigenvalue weighted by Crippen LogP contribution is -2.48. The van der Waals surface area contributed by atoms with E-state index < -0.39 is 53.2 Å². The van der Waals surface area contributed by atoms with Gasteiger partial charge in [0.15, 0.2) is 11.6 Å². The Kier molecular flexibility index (Phi) is 12.1. The van der Waals surface area contributed by atoms with Crippen LogP contribution >= 0.6 is 0 Å². The number of carbonyl (C=O) groups is 2. The molecular formula is C35H37F4N5O6. The van der Waals surface area contributed by atoms with E-state index >= 15 is 0 Å². The number of amides is 1. The van der Waals surface area contributed by atoms with Crippen molar-refractivity contribution in [2.24, 2.45) is 10.1 Å². The van der Waals surface area contributed by atoms with Crippen LogP contribution in [0.3, 0.4) is 0 Å². The Bertz CT molecular complexity index is 1750. The summed E-state index contributed by atoms with van der Waals surface area (Å²) in [6.45, 7) is 4.66. The van der Waals surface area contributed by atoms with Gasteiger partial charge in [0.1, 0.15) is 17.2 Å². The molecule has 2 N–H and O–H groups in total. The maximum Gasteiger partial charge on any atom is 0.416 e.